The number of nitrogens with zero attached hydrogens (tertiary/aromatic N) is 4. The molecule has 2 heterocycles. The lowest BCUT2D eigenvalue weighted by Crippen LogP contribution is -2.50. The van der Waals surface area contributed by atoms with Crippen LogP contribution in [0.2, 0.25) is 0 Å². The number of rotatable bonds is 6. The summed E-state index contributed by atoms with van der Waals surface area (Å²) in [4.78, 5) is 25.4. The lowest BCUT2D eigenvalue weighted by molar-refractivity contribution is -0.123. The van der Waals surface area contributed by atoms with Crippen molar-refractivity contribution in [1.29, 1.82) is 0 Å². The largest absolute Gasteiger partial charge is 0.353 e. The number of hydrogen-bond acceptors (Lipinski definition) is 5. The molecule has 0 aliphatic carbocycles. The molecule has 1 atom stereocenters. The van der Waals surface area contributed by atoms with Gasteiger partial charge in [0.1, 0.15) is 5.82 Å². The van der Waals surface area contributed by atoms with Crippen molar-refractivity contribution in [2.45, 2.75) is 19.9 Å². The van der Waals surface area contributed by atoms with Gasteiger partial charge in [0, 0.05) is 38.6 Å². The van der Waals surface area contributed by atoms with Crippen LogP contribution in [0.4, 0.5) is 5.82 Å². The number of piperazine rings is 1. The number of anilines is 1. The fourth-order valence-electron chi connectivity index (χ4n) is 3.31. The summed E-state index contributed by atoms with van der Waals surface area (Å²) in [5.74, 6) is 1.33. The molecule has 1 aromatic carbocycles. The van der Waals surface area contributed by atoms with Gasteiger partial charge in [0.15, 0.2) is 0 Å². The van der Waals surface area contributed by atoms with Crippen LogP contribution in [0.5, 0.6) is 0 Å². The quantitative estimate of drug-likeness (QED) is 0.862. The number of carbonyl (C=O) groups excluding carboxylic acids is 1. The molecule has 1 saturated heterocycles. The number of carbonyl (C=O) groups is 1. The van der Waals surface area contributed by atoms with E-state index in [0.29, 0.717) is 12.5 Å². The van der Waals surface area contributed by atoms with Gasteiger partial charge < -0.3 is 10.2 Å². The summed E-state index contributed by atoms with van der Waals surface area (Å²) in [7, 11) is 0. The minimum Gasteiger partial charge on any atom is -0.353 e. The maximum atomic E-state index is 12.6. The summed E-state index contributed by atoms with van der Waals surface area (Å²) < 4.78 is 0. The summed E-state index contributed by atoms with van der Waals surface area (Å²) in [5, 5.41) is 3.21. The third-order valence-corrected chi connectivity index (χ3v) is 4.75. The second-order valence-corrected chi connectivity index (χ2v) is 7.03. The highest BCUT2D eigenvalue weighted by atomic mass is 16.2. The zero-order valence-electron chi connectivity index (χ0n) is 15.5. The Morgan fingerprint density at radius 1 is 1.12 bits per heavy atom. The molecule has 138 valence electrons. The molecular weight excluding hydrogens is 326 g/mol. The molecular formula is C20H27N5O. The molecule has 26 heavy (non-hydrogen) atoms. The molecule has 1 amide bonds. The molecule has 1 aromatic heterocycles. The van der Waals surface area contributed by atoms with Crippen LogP contribution in [-0.2, 0) is 4.79 Å². The topological polar surface area (TPSA) is 61.4 Å². The average molecular weight is 353 g/mol. The Hall–Kier alpha value is -2.47. The molecule has 1 N–H and O–H groups in total. The van der Waals surface area contributed by atoms with Crippen LogP contribution < -0.4 is 10.2 Å². The Morgan fingerprint density at radius 3 is 2.46 bits per heavy atom. The first-order valence-electron chi connectivity index (χ1n) is 9.21. The van der Waals surface area contributed by atoms with Gasteiger partial charge in [0.05, 0.1) is 18.8 Å². The van der Waals surface area contributed by atoms with Crippen molar-refractivity contribution < 1.29 is 4.79 Å². The summed E-state index contributed by atoms with van der Waals surface area (Å²) >= 11 is 0. The fraction of sp³-hybridized carbons (Fsp3) is 0.450. The van der Waals surface area contributed by atoms with Crippen molar-refractivity contribution in [2.24, 2.45) is 5.92 Å². The van der Waals surface area contributed by atoms with Gasteiger partial charge in [0.25, 0.3) is 0 Å². The summed E-state index contributed by atoms with van der Waals surface area (Å²) in [6, 6.07) is 10.2. The van der Waals surface area contributed by atoms with Crippen LogP contribution in [0, 0.1) is 5.92 Å². The van der Waals surface area contributed by atoms with Crippen molar-refractivity contribution in [1.82, 2.24) is 20.2 Å². The minimum absolute atomic E-state index is 0.0459. The van der Waals surface area contributed by atoms with Crippen molar-refractivity contribution in [3.8, 4) is 0 Å². The fourth-order valence-corrected chi connectivity index (χ4v) is 3.31. The lowest BCUT2D eigenvalue weighted by atomic mass is 9.96. The molecule has 0 bridgehead atoms. The number of benzene rings is 1. The van der Waals surface area contributed by atoms with E-state index < -0.39 is 0 Å². The highest BCUT2D eigenvalue weighted by molar-refractivity contribution is 5.78. The van der Waals surface area contributed by atoms with Gasteiger partial charge >= 0.3 is 0 Å². The Bertz CT molecular complexity index is 684. The van der Waals surface area contributed by atoms with Crippen LogP contribution in [-0.4, -0.2) is 53.5 Å². The normalized spacial score (nSPS) is 16.5. The van der Waals surface area contributed by atoms with Gasteiger partial charge in [-0.3, -0.25) is 14.7 Å². The SMILES string of the molecule is CC(C)C(NC(=O)CN1CCN(c2cnccn2)CC1)c1ccccc1. The lowest BCUT2D eigenvalue weighted by Gasteiger charge is -2.35. The van der Waals surface area contributed by atoms with E-state index >= 15 is 0 Å². The van der Waals surface area contributed by atoms with Gasteiger partial charge in [-0.2, -0.15) is 0 Å². The number of amides is 1. The molecule has 1 fully saturated rings. The predicted octanol–water partition coefficient (Wildman–Crippen LogP) is 2.11. The molecule has 0 radical (unpaired) electrons. The van der Waals surface area contributed by atoms with Gasteiger partial charge in [-0.25, -0.2) is 4.98 Å². The molecule has 0 saturated carbocycles. The van der Waals surface area contributed by atoms with E-state index in [-0.39, 0.29) is 11.9 Å². The smallest absolute Gasteiger partial charge is 0.234 e. The maximum absolute atomic E-state index is 12.6. The molecule has 6 nitrogen and oxygen atoms in total. The van der Waals surface area contributed by atoms with Gasteiger partial charge in [-0.1, -0.05) is 44.2 Å². The van der Waals surface area contributed by atoms with Crippen LogP contribution in [0.1, 0.15) is 25.5 Å². The van der Waals surface area contributed by atoms with Crippen molar-refractivity contribution in [2.75, 3.05) is 37.6 Å². The second kappa shape index (κ2) is 8.76. The molecule has 3 rings (SSSR count). The van der Waals surface area contributed by atoms with Crippen LogP contribution in [0.15, 0.2) is 48.9 Å². The minimum atomic E-state index is 0.0459. The number of hydrogen-bond donors (Lipinski definition) is 1. The van der Waals surface area contributed by atoms with E-state index in [1.165, 1.54) is 0 Å². The van der Waals surface area contributed by atoms with Gasteiger partial charge in [-0.05, 0) is 11.5 Å². The third kappa shape index (κ3) is 4.79. The molecule has 1 aliphatic heterocycles. The Morgan fingerprint density at radius 2 is 1.85 bits per heavy atom. The molecule has 2 aromatic rings. The average Bonchev–Trinajstić information content (AvgIpc) is 2.68. The predicted molar refractivity (Wildman–Crippen MR) is 103 cm³/mol. The molecule has 0 spiro atoms. The van der Waals surface area contributed by atoms with E-state index in [0.717, 1.165) is 37.6 Å². The van der Waals surface area contributed by atoms with E-state index in [9.17, 15) is 4.79 Å². The Kier molecular flexibility index (Phi) is 6.17. The van der Waals surface area contributed by atoms with Gasteiger partial charge in [0.2, 0.25) is 5.91 Å². The van der Waals surface area contributed by atoms with Gasteiger partial charge in [-0.15, -0.1) is 0 Å². The zero-order valence-corrected chi connectivity index (χ0v) is 15.5. The zero-order chi connectivity index (χ0) is 18.4. The van der Waals surface area contributed by atoms with E-state index in [1.807, 2.05) is 18.2 Å². The van der Waals surface area contributed by atoms with Crippen molar-refractivity contribution in [3.05, 3.63) is 54.5 Å². The van der Waals surface area contributed by atoms with Crippen LogP contribution in [0.25, 0.3) is 0 Å². The first-order valence-corrected chi connectivity index (χ1v) is 9.21. The monoisotopic (exact) mass is 353 g/mol. The van der Waals surface area contributed by atoms with E-state index in [2.05, 4.69) is 51.1 Å². The molecule has 6 heteroatoms. The third-order valence-electron chi connectivity index (χ3n) is 4.75. The first-order chi connectivity index (χ1) is 12.6. The van der Waals surface area contributed by atoms with Crippen molar-refractivity contribution >= 4 is 11.7 Å². The second-order valence-electron chi connectivity index (χ2n) is 7.03. The summed E-state index contributed by atoms with van der Waals surface area (Å²) in [6.45, 7) is 8.12. The highest BCUT2D eigenvalue weighted by Crippen LogP contribution is 2.21. The Labute approximate surface area is 155 Å². The van der Waals surface area contributed by atoms with E-state index in [4.69, 9.17) is 0 Å². The van der Waals surface area contributed by atoms with Crippen LogP contribution >= 0.6 is 0 Å². The first kappa shape index (κ1) is 18.3. The van der Waals surface area contributed by atoms with Crippen molar-refractivity contribution in [3.63, 3.8) is 0 Å². The summed E-state index contributed by atoms with van der Waals surface area (Å²) in [5.41, 5.74) is 1.16. The highest BCUT2D eigenvalue weighted by Gasteiger charge is 2.22. The number of nitrogens with one attached hydrogen (secondary N) is 1. The standard InChI is InChI=1S/C20H27N5O/c1-16(2)20(17-6-4-3-5-7-17)23-19(26)15-24-10-12-25(13-11-24)18-14-21-8-9-22-18/h3-9,14,16,20H,10-13,15H2,1-2H3,(H,23,26). The molecule has 1 unspecified atom stereocenters. The van der Waals surface area contributed by atoms with Crippen LogP contribution in [0.3, 0.4) is 0 Å². The molecule has 1 aliphatic rings. The number of aromatic nitrogens is 2. The Balaban J connectivity index is 1.51. The maximum Gasteiger partial charge on any atom is 0.234 e. The summed E-state index contributed by atoms with van der Waals surface area (Å²) in [6.07, 6.45) is 5.18. The van der Waals surface area contributed by atoms with E-state index in [1.54, 1.807) is 18.6 Å².